The number of aromatic nitrogens is 4. The van der Waals surface area contributed by atoms with Crippen LogP contribution in [0.25, 0.3) is 52.7 Å². The number of halogens is 4. The summed E-state index contributed by atoms with van der Waals surface area (Å²) in [5, 5.41) is 2.95. The van der Waals surface area contributed by atoms with Gasteiger partial charge in [-0.05, 0) is 103 Å². The molecular weight excluding hydrogens is 1070 g/mol. The average molecular weight is 1110 g/mol. The molecule has 2 fully saturated rings. The smallest absolute Gasteiger partial charge is 0.376 e. The fraction of sp³-hybridized carbons (Fsp3) is 0.211. The SMILES string of the molecule is CCOC(=O)c1nc(N2CCN(C(=O)COc3ccc(Cl)cc3)CC2)c2cc(-c3ccc(F)cc3)sc2n1.O=C(COc1ccc(Cl)cc1)N1CCN(c2nc(-c3ccccc3)nc3sc(-c4ccc(F)cc4)cc23)CC1. The minimum absolute atomic E-state index is 0.0169. The van der Waals surface area contributed by atoms with Gasteiger partial charge in [0.05, 0.1) is 17.4 Å². The molecule has 0 N–H and O–H groups in total. The number of rotatable bonds is 13. The largest absolute Gasteiger partial charge is 0.484 e. The molecule has 11 rings (SSSR count). The van der Waals surface area contributed by atoms with Crippen molar-refractivity contribution in [1.82, 2.24) is 29.7 Å². The molecule has 0 bridgehead atoms. The Morgan fingerprint density at radius 1 is 0.532 bits per heavy atom. The fourth-order valence-corrected chi connectivity index (χ4v) is 11.0. The molecule has 9 aromatic rings. The summed E-state index contributed by atoms with van der Waals surface area (Å²) in [5.41, 5.74) is 2.71. The van der Waals surface area contributed by atoms with E-state index in [0.29, 0.717) is 90.4 Å². The van der Waals surface area contributed by atoms with Crippen molar-refractivity contribution in [2.24, 2.45) is 0 Å². The van der Waals surface area contributed by atoms with Gasteiger partial charge in [0, 0.05) is 77.7 Å². The quantitative estimate of drug-likeness (QED) is 0.101. The Hall–Kier alpha value is -7.77. The zero-order valence-electron chi connectivity index (χ0n) is 41.4. The van der Waals surface area contributed by atoms with Gasteiger partial charge in [0.1, 0.15) is 44.4 Å². The molecule has 0 unspecified atom stereocenters. The molecule has 0 aliphatic carbocycles. The molecule has 2 saturated heterocycles. The summed E-state index contributed by atoms with van der Waals surface area (Å²) in [4.78, 5) is 68.2. The Labute approximate surface area is 460 Å². The lowest BCUT2D eigenvalue weighted by molar-refractivity contribution is -0.134. The van der Waals surface area contributed by atoms with Crippen molar-refractivity contribution in [3.8, 4) is 43.8 Å². The van der Waals surface area contributed by atoms with Crippen molar-refractivity contribution in [2.45, 2.75) is 6.92 Å². The first-order chi connectivity index (χ1) is 37.4. The summed E-state index contributed by atoms with van der Waals surface area (Å²) >= 11 is 14.8. The van der Waals surface area contributed by atoms with E-state index in [4.69, 9.17) is 47.4 Å². The number of amides is 2. The van der Waals surface area contributed by atoms with E-state index in [1.165, 1.54) is 35.6 Å². The highest BCUT2D eigenvalue weighted by molar-refractivity contribution is 7.22. The highest BCUT2D eigenvalue weighted by Crippen LogP contribution is 2.40. The fourth-order valence-electron chi connectivity index (χ4n) is 8.68. The maximum atomic E-state index is 13.5. The van der Waals surface area contributed by atoms with Crippen LogP contribution in [0.3, 0.4) is 0 Å². The third kappa shape index (κ3) is 12.7. The molecule has 5 aromatic carbocycles. The lowest BCUT2D eigenvalue weighted by Crippen LogP contribution is -2.50. The maximum Gasteiger partial charge on any atom is 0.376 e. The second-order valence-electron chi connectivity index (χ2n) is 17.7. The van der Waals surface area contributed by atoms with Gasteiger partial charge in [-0.15, -0.1) is 22.7 Å². The maximum absolute atomic E-state index is 13.5. The van der Waals surface area contributed by atoms with E-state index in [9.17, 15) is 23.2 Å². The molecule has 6 heterocycles. The number of nitrogens with zero attached hydrogens (tertiary/aromatic N) is 8. The standard InChI is InChI=1S/C30H24ClFN4O2S.C27H24ClFN4O4S/c31-22-8-12-24(13-9-22)38-19-27(37)35-14-16-36(17-15-35)29-25-18-26(20-6-10-23(32)11-7-20)39-30(25)34-28(33-29)21-4-2-1-3-5-21;1-2-36-27(35)24-30-25(21-15-22(38-26(21)31-24)17-3-7-19(29)8-4-17)33-13-11-32(12-14-33)23(34)16-37-20-9-5-18(28)6-10-20/h1-13,18H,14-17,19H2;3-10,15H,2,11-14,16H2,1H3. The van der Waals surface area contributed by atoms with Crippen LogP contribution in [-0.4, -0.2) is 120 Å². The predicted molar refractivity (Wildman–Crippen MR) is 298 cm³/mol. The number of ether oxygens (including phenoxy) is 3. The molecule has 77 heavy (non-hydrogen) atoms. The number of thiophene rings is 2. The van der Waals surface area contributed by atoms with E-state index < -0.39 is 5.97 Å². The van der Waals surface area contributed by atoms with Crippen molar-refractivity contribution < 1.29 is 37.4 Å². The number of fused-ring (bicyclic) bond motifs is 2. The normalized spacial score (nSPS) is 13.6. The predicted octanol–water partition coefficient (Wildman–Crippen LogP) is 11.6. The summed E-state index contributed by atoms with van der Waals surface area (Å²) in [6, 6.07) is 40.5. The van der Waals surface area contributed by atoms with Crippen LogP contribution in [-0.2, 0) is 14.3 Å². The number of hydrogen-bond acceptors (Lipinski definition) is 14. The number of carbonyl (C=O) groups excluding carboxylic acids is 3. The lowest BCUT2D eigenvalue weighted by atomic mass is 10.1. The van der Waals surface area contributed by atoms with Gasteiger partial charge in [0.15, 0.2) is 19.0 Å². The number of anilines is 2. The van der Waals surface area contributed by atoms with Gasteiger partial charge in [-0.1, -0.05) is 77.8 Å². The molecule has 2 amide bonds. The van der Waals surface area contributed by atoms with Gasteiger partial charge >= 0.3 is 5.97 Å². The lowest BCUT2D eigenvalue weighted by Gasteiger charge is -2.35. The second-order valence-corrected chi connectivity index (χ2v) is 20.7. The summed E-state index contributed by atoms with van der Waals surface area (Å²) in [6.45, 7) is 6.20. The molecule has 0 spiro atoms. The molecule has 20 heteroatoms. The van der Waals surface area contributed by atoms with Crippen LogP contribution >= 0.6 is 45.9 Å². The first-order valence-corrected chi connectivity index (χ1v) is 27.0. The van der Waals surface area contributed by atoms with Gasteiger partial charge < -0.3 is 33.8 Å². The monoisotopic (exact) mass is 1110 g/mol. The van der Waals surface area contributed by atoms with E-state index in [2.05, 4.69) is 20.9 Å². The summed E-state index contributed by atoms with van der Waals surface area (Å²) in [7, 11) is 0. The molecule has 0 saturated carbocycles. The first kappa shape index (κ1) is 52.7. The van der Waals surface area contributed by atoms with Crippen LogP contribution < -0.4 is 19.3 Å². The summed E-state index contributed by atoms with van der Waals surface area (Å²) in [6.07, 6.45) is 0. The van der Waals surface area contributed by atoms with Crippen molar-refractivity contribution in [1.29, 1.82) is 0 Å². The highest BCUT2D eigenvalue weighted by Gasteiger charge is 2.28. The van der Waals surface area contributed by atoms with Crippen LogP contribution in [0.1, 0.15) is 17.5 Å². The molecule has 4 aromatic heterocycles. The van der Waals surface area contributed by atoms with E-state index in [1.807, 2.05) is 46.2 Å². The summed E-state index contributed by atoms with van der Waals surface area (Å²) < 4.78 is 43.4. The van der Waals surface area contributed by atoms with E-state index >= 15 is 0 Å². The number of hydrogen-bond donors (Lipinski definition) is 0. The molecule has 2 aliphatic rings. The molecule has 0 atom stereocenters. The topological polar surface area (TPSA) is 143 Å². The zero-order valence-corrected chi connectivity index (χ0v) is 44.6. The molecule has 2 aliphatic heterocycles. The Kier molecular flexibility index (Phi) is 16.5. The van der Waals surface area contributed by atoms with Crippen molar-refractivity contribution in [2.75, 3.05) is 82.0 Å². The van der Waals surface area contributed by atoms with Gasteiger partial charge in [0.25, 0.3) is 11.8 Å². The number of piperazine rings is 2. The van der Waals surface area contributed by atoms with Crippen molar-refractivity contribution >= 4 is 95.7 Å². The van der Waals surface area contributed by atoms with Crippen LogP contribution in [0.5, 0.6) is 11.5 Å². The highest BCUT2D eigenvalue weighted by atomic mass is 35.5. The zero-order chi connectivity index (χ0) is 53.4. The Bertz CT molecular complexity index is 3520. The second kappa shape index (κ2) is 24.1. The average Bonchev–Trinajstić information content (AvgIpc) is 4.21. The number of benzene rings is 5. The van der Waals surface area contributed by atoms with Crippen molar-refractivity contribution in [3.63, 3.8) is 0 Å². The van der Waals surface area contributed by atoms with E-state index in [1.54, 1.807) is 96.0 Å². The Morgan fingerprint density at radius 2 is 0.974 bits per heavy atom. The van der Waals surface area contributed by atoms with Crippen LogP contribution in [0, 0.1) is 11.6 Å². The van der Waals surface area contributed by atoms with Crippen LogP contribution in [0.2, 0.25) is 10.0 Å². The van der Waals surface area contributed by atoms with Gasteiger partial charge in [-0.25, -0.2) is 33.5 Å². The minimum atomic E-state index is -0.597. The first-order valence-electron chi connectivity index (χ1n) is 24.6. The minimum Gasteiger partial charge on any atom is -0.484 e. The third-order valence-electron chi connectivity index (χ3n) is 12.7. The van der Waals surface area contributed by atoms with Gasteiger partial charge in [-0.2, -0.15) is 0 Å². The summed E-state index contributed by atoms with van der Waals surface area (Å²) in [5.74, 6) is 1.91. The Balaban J connectivity index is 0.000000175. The molecule has 14 nitrogen and oxygen atoms in total. The molecule has 0 radical (unpaired) electrons. The molecular formula is C57H48Cl2F2N8O6S2. The third-order valence-corrected chi connectivity index (χ3v) is 15.4. The van der Waals surface area contributed by atoms with Crippen LogP contribution in [0.4, 0.5) is 20.4 Å². The number of esters is 1. The number of carbonyl (C=O) groups is 3. The van der Waals surface area contributed by atoms with Gasteiger partial charge in [-0.3, -0.25) is 9.59 Å². The Morgan fingerprint density at radius 3 is 1.43 bits per heavy atom. The van der Waals surface area contributed by atoms with Crippen LogP contribution in [0.15, 0.2) is 140 Å². The van der Waals surface area contributed by atoms with Crippen molar-refractivity contribution in [3.05, 3.63) is 167 Å². The van der Waals surface area contributed by atoms with Gasteiger partial charge in [0.2, 0.25) is 5.82 Å². The molecule has 392 valence electrons. The van der Waals surface area contributed by atoms with E-state index in [-0.39, 0.29) is 49.1 Å². The van der Waals surface area contributed by atoms with E-state index in [0.717, 1.165) is 47.9 Å².